The number of aromatic amines is 2. The lowest BCUT2D eigenvalue weighted by molar-refractivity contribution is -0.0227. The van der Waals surface area contributed by atoms with Gasteiger partial charge in [-0.3, -0.25) is 9.69 Å². The first-order valence-corrected chi connectivity index (χ1v) is 25.5. The molecule has 4 fully saturated rings. The number of aromatic nitrogens is 4. The van der Waals surface area contributed by atoms with Crippen LogP contribution >= 0.6 is 0 Å². The Hall–Kier alpha value is -5.71. The molecule has 1 saturated carbocycles. The number of piperidine rings is 2. The van der Waals surface area contributed by atoms with Gasteiger partial charge in [0.25, 0.3) is 15.9 Å². The van der Waals surface area contributed by atoms with Crippen LogP contribution < -0.4 is 25.4 Å². The SMILES string of the molecule is CC(C)c1ccccc1[C@@H]1CCCN1C1CC2(CCN(c3ccc(C(=O)NS(=O)(=O)c4cc(N)c(NCC5(F)CCN(C(C)C)CC5)c5[nH]cnc45)c(Oc4cnc5[nH]ccc5c4)c3)CC2)C1. The summed E-state index contributed by atoms with van der Waals surface area (Å²) in [6.45, 7) is 13.0. The molecule has 0 bridgehead atoms. The predicted molar refractivity (Wildman–Crippen MR) is 262 cm³/mol. The van der Waals surface area contributed by atoms with Gasteiger partial charge in [0.05, 0.1) is 35.0 Å². The highest BCUT2D eigenvalue weighted by atomic mass is 32.2. The number of nitrogens with zero attached hydrogens (tertiary/aromatic N) is 5. The van der Waals surface area contributed by atoms with Crippen LogP contribution in [0.2, 0.25) is 0 Å². The number of hydrogen-bond acceptors (Lipinski definition) is 11. The number of carbonyl (C=O) groups excluding carboxylic acids is 1. The van der Waals surface area contributed by atoms with E-state index in [1.165, 1.54) is 49.2 Å². The highest BCUT2D eigenvalue weighted by Gasteiger charge is 2.50. The molecule has 1 atom stereocenters. The maximum Gasteiger partial charge on any atom is 0.268 e. The lowest BCUT2D eigenvalue weighted by Gasteiger charge is -2.56. The number of nitrogens with two attached hydrogens (primary N) is 1. The van der Waals surface area contributed by atoms with E-state index in [4.69, 9.17) is 10.5 Å². The van der Waals surface area contributed by atoms with Crippen molar-refractivity contribution in [3.63, 3.8) is 0 Å². The van der Waals surface area contributed by atoms with Gasteiger partial charge in [0.15, 0.2) is 0 Å². The van der Waals surface area contributed by atoms with Crippen molar-refractivity contribution in [2.75, 3.05) is 55.2 Å². The molecule has 16 heteroatoms. The Morgan fingerprint density at radius 1 is 0.955 bits per heavy atom. The molecular weight excluding hydrogens is 868 g/mol. The van der Waals surface area contributed by atoms with Crippen molar-refractivity contribution in [1.82, 2.24) is 34.5 Å². The lowest BCUT2D eigenvalue weighted by atomic mass is 9.59. The second-order valence-corrected chi connectivity index (χ2v) is 21.8. The van der Waals surface area contributed by atoms with Crippen molar-refractivity contribution in [3.05, 3.63) is 96.1 Å². The third-order valence-electron chi connectivity index (χ3n) is 15.3. The van der Waals surface area contributed by atoms with Crippen LogP contribution in [0, 0.1) is 5.41 Å². The van der Waals surface area contributed by atoms with Crippen molar-refractivity contribution in [3.8, 4) is 11.5 Å². The standard InChI is InChI=1S/C51H63FN10O4S/c1-32(2)38-8-5-6-9-39(38)42-10-7-19-62(42)36-27-50(28-36)14-20-61(21-15-50)35-11-12-40(43(25-35)66-37-24-34-13-18-54-48(34)55-29-37)49(63)59-67(64,65)44-26-41(53)45(47-46(44)57-31-58-47)56-30-51(52)16-22-60(23-17-51)33(3)4/h5-6,8-9,11-13,18,24-26,29,31-33,36,42,56H,7,10,14-17,19-23,27-28,30,53H2,1-4H3,(H,54,55)(H,57,58)(H,59,63)/t42-/m0/s1. The molecule has 14 nitrogen and oxygen atoms in total. The number of hydrogen-bond donors (Lipinski definition) is 5. The molecule has 3 aromatic carbocycles. The van der Waals surface area contributed by atoms with Crippen LogP contribution in [0.25, 0.3) is 22.1 Å². The number of nitrogens with one attached hydrogen (secondary N) is 4. The monoisotopic (exact) mass is 930 g/mol. The number of likely N-dealkylation sites (tertiary alicyclic amines) is 2. The highest BCUT2D eigenvalue weighted by Crippen LogP contribution is 2.54. The summed E-state index contributed by atoms with van der Waals surface area (Å²) in [7, 11) is -4.55. The molecule has 3 saturated heterocycles. The van der Waals surface area contributed by atoms with E-state index in [2.05, 4.69) is 96.6 Å². The number of halogens is 1. The van der Waals surface area contributed by atoms with Crippen molar-refractivity contribution in [2.24, 2.45) is 5.41 Å². The molecular formula is C51H63FN10O4S. The first-order valence-electron chi connectivity index (χ1n) is 24.0. The summed E-state index contributed by atoms with van der Waals surface area (Å²) in [5.41, 5.74) is 10.7. The Balaban J connectivity index is 0.852. The molecule has 6 aromatic rings. The second-order valence-electron chi connectivity index (χ2n) is 20.1. The maximum atomic E-state index is 16.0. The summed E-state index contributed by atoms with van der Waals surface area (Å²) in [4.78, 5) is 36.2. The second kappa shape index (κ2) is 17.7. The number of amides is 1. The zero-order valence-electron chi connectivity index (χ0n) is 38.9. The number of sulfonamides is 1. The summed E-state index contributed by atoms with van der Waals surface area (Å²) in [6, 6.07) is 20.7. The molecule has 4 aliphatic rings. The van der Waals surface area contributed by atoms with Gasteiger partial charge in [0.2, 0.25) is 0 Å². The summed E-state index contributed by atoms with van der Waals surface area (Å²) in [5, 5.41) is 3.97. The van der Waals surface area contributed by atoms with E-state index < -0.39 is 21.6 Å². The van der Waals surface area contributed by atoms with Crippen LogP contribution in [0.5, 0.6) is 11.5 Å². The summed E-state index contributed by atoms with van der Waals surface area (Å²) >= 11 is 0. The third-order valence-corrected chi connectivity index (χ3v) is 16.6. The number of alkyl halides is 1. The summed E-state index contributed by atoms with van der Waals surface area (Å²) < 4.78 is 53.0. The maximum absolute atomic E-state index is 16.0. The predicted octanol–water partition coefficient (Wildman–Crippen LogP) is 9.27. The van der Waals surface area contributed by atoms with Gasteiger partial charge in [-0.2, -0.15) is 0 Å². The zero-order valence-corrected chi connectivity index (χ0v) is 39.8. The van der Waals surface area contributed by atoms with Crippen LogP contribution in [-0.2, 0) is 10.0 Å². The van der Waals surface area contributed by atoms with E-state index in [1.807, 2.05) is 24.3 Å². The number of anilines is 3. The Bertz CT molecular complexity index is 2890. The summed E-state index contributed by atoms with van der Waals surface area (Å²) in [6.07, 6.45) is 12.4. The first-order chi connectivity index (χ1) is 32.2. The molecule has 10 rings (SSSR count). The molecule has 354 valence electrons. The van der Waals surface area contributed by atoms with Crippen molar-refractivity contribution >= 4 is 55.1 Å². The largest absolute Gasteiger partial charge is 0.455 e. The average Bonchev–Trinajstić information content (AvgIpc) is 4.10. The van der Waals surface area contributed by atoms with Gasteiger partial charge in [-0.15, -0.1) is 0 Å². The van der Waals surface area contributed by atoms with Crippen molar-refractivity contribution in [2.45, 2.75) is 114 Å². The Kier molecular flexibility index (Phi) is 11.9. The number of carbonyl (C=O) groups is 1. The zero-order chi connectivity index (χ0) is 46.7. The van der Waals surface area contributed by atoms with Crippen molar-refractivity contribution < 1.29 is 22.3 Å². The first kappa shape index (κ1) is 45.1. The van der Waals surface area contributed by atoms with E-state index >= 15 is 4.39 Å². The van der Waals surface area contributed by atoms with Crippen LogP contribution in [0.15, 0.2) is 84.3 Å². The Morgan fingerprint density at radius 3 is 2.49 bits per heavy atom. The molecule has 67 heavy (non-hydrogen) atoms. The lowest BCUT2D eigenvalue weighted by Crippen LogP contribution is -2.54. The van der Waals surface area contributed by atoms with E-state index in [9.17, 15) is 13.2 Å². The minimum Gasteiger partial charge on any atom is -0.455 e. The molecule has 0 radical (unpaired) electrons. The molecule has 3 aromatic heterocycles. The number of nitrogen functional groups attached to an aromatic ring is 1. The van der Waals surface area contributed by atoms with Gasteiger partial charge in [-0.05, 0) is 125 Å². The topological polar surface area (TPSA) is 178 Å². The average molecular weight is 931 g/mol. The minimum absolute atomic E-state index is 0.00219. The molecule has 1 aliphatic carbocycles. The third kappa shape index (κ3) is 8.83. The molecule has 3 aliphatic heterocycles. The van der Waals surface area contributed by atoms with Gasteiger partial charge in [-0.1, -0.05) is 38.1 Å². The van der Waals surface area contributed by atoms with Gasteiger partial charge < -0.3 is 35.6 Å². The van der Waals surface area contributed by atoms with Crippen LogP contribution in [0.4, 0.5) is 21.5 Å². The molecule has 6 heterocycles. The van der Waals surface area contributed by atoms with Gasteiger partial charge in [0, 0.05) is 74.2 Å². The molecule has 1 amide bonds. The quantitative estimate of drug-likeness (QED) is 0.0698. The van der Waals surface area contributed by atoms with Gasteiger partial charge >= 0.3 is 0 Å². The van der Waals surface area contributed by atoms with Crippen molar-refractivity contribution in [1.29, 1.82) is 0 Å². The minimum atomic E-state index is -4.55. The Morgan fingerprint density at radius 2 is 1.73 bits per heavy atom. The van der Waals surface area contributed by atoms with E-state index in [0.717, 1.165) is 43.5 Å². The normalized spacial score (nSPS) is 20.3. The highest BCUT2D eigenvalue weighted by molar-refractivity contribution is 7.90. The molecule has 1 spiro atoms. The van der Waals surface area contributed by atoms with Crippen LogP contribution in [-0.4, -0.2) is 101 Å². The fraction of sp³-hybridized carbons (Fsp3) is 0.471. The Labute approximate surface area is 392 Å². The molecule has 0 unspecified atom stereocenters. The fourth-order valence-corrected chi connectivity index (χ4v) is 12.5. The summed E-state index contributed by atoms with van der Waals surface area (Å²) in [5.74, 6) is 0.198. The van der Waals surface area contributed by atoms with Crippen LogP contribution in [0.1, 0.15) is 113 Å². The smallest absolute Gasteiger partial charge is 0.268 e. The van der Waals surface area contributed by atoms with E-state index in [1.54, 1.807) is 18.5 Å². The number of rotatable bonds is 13. The number of ether oxygens (including phenoxy) is 1. The van der Waals surface area contributed by atoms with Gasteiger partial charge in [0.1, 0.15) is 33.2 Å². The fourth-order valence-electron chi connectivity index (χ4n) is 11.4. The van der Waals surface area contributed by atoms with E-state index in [0.29, 0.717) is 78.0 Å². The number of H-pyrrole nitrogens is 2. The van der Waals surface area contributed by atoms with Crippen LogP contribution in [0.3, 0.4) is 0 Å². The number of benzene rings is 3. The number of fused-ring (bicyclic) bond motifs is 2. The molecule has 6 N–H and O–H groups in total. The number of pyridine rings is 1. The van der Waals surface area contributed by atoms with E-state index in [-0.39, 0.29) is 34.0 Å². The van der Waals surface area contributed by atoms with Gasteiger partial charge in [-0.25, -0.2) is 27.5 Å². The number of imidazole rings is 1.